The highest BCUT2D eigenvalue weighted by molar-refractivity contribution is 7.52. The van der Waals surface area contributed by atoms with E-state index in [0.717, 1.165) is 6.21 Å². The summed E-state index contributed by atoms with van der Waals surface area (Å²) in [6, 6.07) is 15.5. The average Bonchev–Trinajstić information content (AvgIpc) is 2.72. The summed E-state index contributed by atoms with van der Waals surface area (Å²) in [5.41, 5.74) is 8.50. The van der Waals surface area contributed by atoms with Gasteiger partial charge in [0.2, 0.25) is 5.78 Å². The highest BCUT2D eigenvalue weighted by Crippen LogP contribution is 2.45. The summed E-state index contributed by atoms with van der Waals surface area (Å²) in [5.74, 6) is -0.728. The van der Waals surface area contributed by atoms with Crippen molar-refractivity contribution in [1.29, 1.82) is 0 Å². The number of carbonyl (C=O) groups excluding carboxylic acids is 2. The highest BCUT2D eigenvalue weighted by Gasteiger charge is 2.36. The second-order valence-corrected chi connectivity index (χ2v) is 8.34. The van der Waals surface area contributed by atoms with Gasteiger partial charge in [-0.3, -0.25) is 9.59 Å². The van der Waals surface area contributed by atoms with Crippen LogP contribution >= 0.6 is 7.75 Å². The topological polar surface area (TPSA) is 127 Å². The highest BCUT2D eigenvalue weighted by atomic mass is 31.2. The van der Waals surface area contributed by atoms with Crippen molar-refractivity contribution in [1.82, 2.24) is 5.09 Å². The van der Waals surface area contributed by atoms with Crippen LogP contribution < -0.4 is 14.1 Å². The van der Waals surface area contributed by atoms with Gasteiger partial charge in [0.15, 0.2) is 0 Å². The predicted octanol–water partition coefficient (Wildman–Crippen LogP) is 3.81. The minimum absolute atomic E-state index is 0.0866. The van der Waals surface area contributed by atoms with Crippen LogP contribution in [-0.2, 0) is 18.9 Å². The lowest BCUT2D eigenvalue weighted by atomic mass is 10.1. The summed E-state index contributed by atoms with van der Waals surface area (Å²) in [6.07, 6.45) is 0.0455. The Balaban J connectivity index is 2.30. The zero-order valence-electron chi connectivity index (χ0n) is 17.2. The molecule has 0 aliphatic rings. The maximum Gasteiger partial charge on any atom is 0.513 e. The average molecular weight is 445 g/mol. The molecule has 0 aliphatic heterocycles. The van der Waals surface area contributed by atoms with Gasteiger partial charge in [0.25, 0.3) is 0 Å². The molecule has 0 amide bonds. The van der Waals surface area contributed by atoms with E-state index in [0.29, 0.717) is 0 Å². The number of hydrogen-bond acceptors (Lipinski definition) is 6. The van der Waals surface area contributed by atoms with Gasteiger partial charge < -0.3 is 19.3 Å². The number of nitrogens with one attached hydrogen (secondary N) is 1. The van der Waals surface area contributed by atoms with Crippen molar-refractivity contribution in [2.45, 2.75) is 38.8 Å². The van der Waals surface area contributed by atoms with Crippen molar-refractivity contribution in [2.75, 3.05) is 0 Å². The van der Waals surface area contributed by atoms with Crippen LogP contribution in [0.4, 0.5) is 0 Å². The molecule has 2 aromatic rings. The fraction of sp³-hybridized carbons (Fsp3) is 0.286. The fourth-order valence-corrected chi connectivity index (χ4v) is 4.02. The van der Waals surface area contributed by atoms with Crippen LogP contribution in [0, 0.1) is 0 Å². The van der Waals surface area contributed by atoms with Gasteiger partial charge in [-0.2, -0.15) is 9.88 Å². The molecule has 1 N–H and O–H groups in total. The number of Topliss-reactive ketones (excluding diaryl/α,β-unsaturated/α-hetero) is 1. The summed E-state index contributed by atoms with van der Waals surface area (Å²) >= 11 is 0. The standard InChI is InChI=1S/C21H24N3O6P/c1-16(2)28-21(26)20(14-13-17(25)15-23-22)24-31(27,29-18-9-5-3-6-10-18)30-19-11-7-4-8-12-19/h3-12,15-16,20H,13-14H2,1-2H3,(H,24,27)/t20-/m0/s1. The van der Waals surface area contributed by atoms with E-state index < -0.39 is 31.6 Å². The molecule has 2 rings (SSSR count). The first kappa shape index (κ1) is 24.0. The van der Waals surface area contributed by atoms with Gasteiger partial charge >= 0.3 is 19.9 Å². The van der Waals surface area contributed by atoms with Gasteiger partial charge in [0, 0.05) is 6.42 Å². The van der Waals surface area contributed by atoms with Crippen molar-refractivity contribution in [2.24, 2.45) is 0 Å². The van der Waals surface area contributed by atoms with E-state index in [-0.39, 0.29) is 24.3 Å². The molecule has 9 nitrogen and oxygen atoms in total. The third-order valence-electron chi connectivity index (χ3n) is 3.77. The monoisotopic (exact) mass is 445 g/mol. The summed E-state index contributed by atoms with van der Waals surface area (Å²) in [6.45, 7) is 3.33. The lowest BCUT2D eigenvalue weighted by Crippen LogP contribution is -2.39. The van der Waals surface area contributed by atoms with Crippen LogP contribution in [0.15, 0.2) is 60.7 Å². The third kappa shape index (κ3) is 8.56. The van der Waals surface area contributed by atoms with Crippen LogP contribution in [0.5, 0.6) is 11.5 Å². The Kier molecular flexibility index (Phi) is 9.15. The molecule has 0 aromatic heterocycles. The minimum atomic E-state index is -4.14. The maximum absolute atomic E-state index is 13.6. The van der Waals surface area contributed by atoms with E-state index in [4.69, 9.17) is 19.3 Å². The quantitative estimate of drug-likeness (QED) is 0.173. The number of carbonyl (C=O) groups is 2. The summed E-state index contributed by atoms with van der Waals surface area (Å²) in [7, 11) is -4.14. The molecule has 0 bridgehead atoms. The van der Waals surface area contributed by atoms with E-state index in [2.05, 4.69) is 9.88 Å². The first-order valence-electron chi connectivity index (χ1n) is 9.59. The number of ether oxygens (including phenoxy) is 1. The first-order valence-corrected chi connectivity index (χ1v) is 11.1. The number of benzene rings is 2. The van der Waals surface area contributed by atoms with Gasteiger partial charge in [0.1, 0.15) is 17.5 Å². The molecule has 0 saturated heterocycles. The van der Waals surface area contributed by atoms with Crippen LogP contribution in [0.3, 0.4) is 0 Å². The van der Waals surface area contributed by atoms with Gasteiger partial charge in [-0.05, 0) is 44.5 Å². The van der Waals surface area contributed by atoms with Crippen molar-refractivity contribution in [3.05, 3.63) is 66.2 Å². The molecule has 0 heterocycles. The fourth-order valence-electron chi connectivity index (χ4n) is 2.47. The molecule has 164 valence electrons. The molecular weight excluding hydrogens is 421 g/mol. The number of rotatable bonds is 12. The smallest absolute Gasteiger partial charge is 0.462 e. The lowest BCUT2D eigenvalue weighted by molar-refractivity contribution is -0.149. The zero-order valence-corrected chi connectivity index (χ0v) is 18.1. The third-order valence-corrected chi connectivity index (χ3v) is 5.30. The molecule has 0 fully saturated rings. The number of para-hydroxylation sites is 2. The van der Waals surface area contributed by atoms with Crippen LogP contribution in [0.1, 0.15) is 26.7 Å². The molecule has 0 spiro atoms. The van der Waals surface area contributed by atoms with Crippen molar-refractivity contribution < 1.29 is 32.7 Å². The Hall–Kier alpha value is -3.25. The van der Waals surface area contributed by atoms with E-state index in [1.807, 2.05) is 0 Å². The Labute approximate surface area is 180 Å². The first-order chi connectivity index (χ1) is 14.8. The molecular formula is C21H24N3O6P. The maximum atomic E-state index is 13.6. The predicted molar refractivity (Wildman–Crippen MR) is 114 cm³/mol. The number of nitrogens with zero attached hydrogens (tertiary/aromatic N) is 2. The molecule has 0 radical (unpaired) electrons. The van der Waals surface area contributed by atoms with Crippen LogP contribution in [0.2, 0.25) is 0 Å². The van der Waals surface area contributed by atoms with Crippen molar-refractivity contribution in [3.8, 4) is 11.5 Å². The molecule has 1 atom stereocenters. The molecule has 31 heavy (non-hydrogen) atoms. The molecule has 0 unspecified atom stereocenters. The number of ketones is 1. The van der Waals surface area contributed by atoms with Gasteiger partial charge in [-0.25, -0.2) is 4.57 Å². The van der Waals surface area contributed by atoms with Crippen LogP contribution in [-0.4, -0.2) is 34.9 Å². The summed E-state index contributed by atoms with van der Waals surface area (Å²) in [4.78, 5) is 27.0. The largest absolute Gasteiger partial charge is 0.513 e. The lowest BCUT2D eigenvalue weighted by Gasteiger charge is -2.25. The van der Waals surface area contributed by atoms with Crippen molar-refractivity contribution >= 4 is 25.7 Å². The summed E-state index contributed by atoms with van der Waals surface area (Å²) < 4.78 is 30.0. The zero-order chi connectivity index (χ0) is 22.7. The Bertz CT molecular complexity index is 916. The summed E-state index contributed by atoms with van der Waals surface area (Å²) in [5, 5.41) is 2.61. The SMILES string of the molecule is CC(C)OC(=O)[C@H](CCC(=O)C=[N+]=[N-])NP(=O)(Oc1ccccc1)Oc1ccccc1. The number of esters is 1. The second-order valence-electron chi connectivity index (χ2n) is 6.72. The van der Waals surface area contributed by atoms with Crippen molar-refractivity contribution in [3.63, 3.8) is 0 Å². The minimum Gasteiger partial charge on any atom is -0.462 e. The Morgan fingerprint density at radius 3 is 2.00 bits per heavy atom. The Morgan fingerprint density at radius 2 is 1.55 bits per heavy atom. The van der Waals surface area contributed by atoms with E-state index in [9.17, 15) is 14.2 Å². The van der Waals surface area contributed by atoms with Gasteiger partial charge in [0.05, 0.1) is 6.10 Å². The molecule has 2 aromatic carbocycles. The van der Waals surface area contributed by atoms with E-state index in [1.165, 1.54) is 0 Å². The Morgan fingerprint density at radius 1 is 1.03 bits per heavy atom. The number of hydrogen-bond donors (Lipinski definition) is 1. The molecule has 0 saturated carbocycles. The van der Waals surface area contributed by atoms with Gasteiger partial charge in [-0.15, -0.1) is 0 Å². The molecule has 0 aliphatic carbocycles. The normalized spacial score (nSPS) is 11.8. The van der Waals surface area contributed by atoms with E-state index in [1.54, 1.807) is 74.5 Å². The molecule has 10 heteroatoms. The van der Waals surface area contributed by atoms with E-state index >= 15 is 0 Å². The van der Waals surface area contributed by atoms with Gasteiger partial charge in [-0.1, -0.05) is 36.4 Å². The van der Waals surface area contributed by atoms with Crippen LogP contribution in [0.25, 0.3) is 5.53 Å². The second kappa shape index (κ2) is 11.8.